The minimum absolute atomic E-state index is 0.130. The number of anilines is 2. The first-order valence-electron chi connectivity index (χ1n) is 13.1. The highest BCUT2D eigenvalue weighted by atomic mass is 35.5. The highest BCUT2D eigenvalue weighted by Gasteiger charge is 2.43. The molecule has 1 aliphatic rings. The number of carboxylic acid groups (broad SMARTS) is 1. The molecular weight excluding hydrogens is 585 g/mol. The zero-order valence-corrected chi connectivity index (χ0v) is 25.2. The maximum Gasteiger partial charge on any atom is 0.328 e. The topological polar surface area (TPSA) is 92.1 Å². The first-order valence-corrected chi connectivity index (χ1v) is 15.3. The molecule has 0 saturated carbocycles. The fourth-order valence-corrected chi connectivity index (χ4v) is 7.69. The van der Waals surface area contributed by atoms with Crippen molar-refractivity contribution in [1.29, 1.82) is 0 Å². The third-order valence-corrected chi connectivity index (χ3v) is 9.32. The maximum absolute atomic E-state index is 14.1. The average Bonchev–Trinajstić information content (AvgIpc) is 3.34. The molecule has 5 rings (SSSR count). The molecule has 1 N–H and O–H groups in total. The van der Waals surface area contributed by atoms with E-state index in [1.165, 1.54) is 18.2 Å². The van der Waals surface area contributed by atoms with Gasteiger partial charge in [-0.05, 0) is 72.1 Å². The van der Waals surface area contributed by atoms with E-state index in [0.29, 0.717) is 13.2 Å². The van der Waals surface area contributed by atoms with Crippen molar-refractivity contribution in [2.75, 3.05) is 35.5 Å². The van der Waals surface area contributed by atoms with Crippen LogP contribution >= 0.6 is 23.2 Å². The van der Waals surface area contributed by atoms with Crippen LogP contribution in [-0.4, -0.2) is 56.4 Å². The molecule has 0 aliphatic carbocycles. The van der Waals surface area contributed by atoms with Crippen LogP contribution in [0.25, 0.3) is 16.6 Å². The number of hydrogen-bond donors (Lipinski definition) is 1. The van der Waals surface area contributed by atoms with Gasteiger partial charge in [-0.3, -0.25) is 4.31 Å². The van der Waals surface area contributed by atoms with Crippen LogP contribution in [0.3, 0.4) is 0 Å². The van der Waals surface area contributed by atoms with Crippen molar-refractivity contribution in [1.82, 2.24) is 4.57 Å². The standard InChI is InChI=1S/C30H31Cl2N3O5S/c1-30(2,3)28(29(36)37)35(41(38,39)26-18-21(31)17-22(32)19-26)25-8-9-27-20(16-25)10-11-34(27)24-6-4-23(5-7-24)33-12-14-40-15-13-33/h4-11,16-19,28H,12-15H2,1-3H3,(H,36,37). The molecule has 0 radical (unpaired) electrons. The third-order valence-electron chi connectivity index (χ3n) is 7.11. The van der Waals surface area contributed by atoms with Crippen LogP contribution in [0.5, 0.6) is 0 Å². The van der Waals surface area contributed by atoms with Gasteiger partial charge in [-0.2, -0.15) is 0 Å². The number of benzene rings is 3. The Kier molecular flexibility index (Phi) is 8.00. The quantitative estimate of drug-likeness (QED) is 0.256. The molecule has 3 aromatic carbocycles. The van der Waals surface area contributed by atoms with Gasteiger partial charge in [0.15, 0.2) is 0 Å². The summed E-state index contributed by atoms with van der Waals surface area (Å²) in [5.41, 5.74) is 2.18. The highest BCUT2D eigenvalue weighted by Crippen LogP contribution is 2.37. The molecule has 1 saturated heterocycles. The fourth-order valence-electron chi connectivity index (χ4n) is 5.18. The van der Waals surface area contributed by atoms with Gasteiger partial charge in [0.05, 0.1) is 29.3 Å². The Morgan fingerprint density at radius 3 is 2.12 bits per heavy atom. The lowest BCUT2D eigenvalue weighted by Crippen LogP contribution is -2.52. The van der Waals surface area contributed by atoms with Crippen molar-refractivity contribution < 1.29 is 23.1 Å². The Balaban J connectivity index is 1.58. The molecule has 0 spiro atoms. The molecular formula is C30H31Cl2N3O5S. The molecule has 1 unspecified atom stereocenters. The van der Waals surface area contributed by atoms with Crippen molar-refractivity contribution in [3.63, 3.8) is 0 Å². The third kappa shape index (κ3) is 5.90. The van der Waals surface area contributed by atoms with E-state index in [4.69, 9.17) is 27.9 Å². The van der Waals surface area contributed by atoms with E-state index in [2.05, 4.69) is 17.0 Å². The van der Waals surface area contributed by atoms with Crippen LogP contribution in [0.2, 0.25) is 10.0 Å². The Labute approximate surface area is 249 Å². The second-order valence-electron chi connectivity index (χ2n) is 11.1. The van der Waals surface area contributed by atoms with Crippen molar-refractivity contribution >= 4 is 61.5 Å². The number of sulfonamides is 1. The van der Waals surface area contributed by atoms with Gasteiger partial charge in [-0.15, -0.1) is 0 Å². The molecule has 4 aromatic rings. The number of halogens is 2. The van der Waals surface area contributed by atoms with Crippen molar-refractivity contribution in [3.05, 3.63) is 83.0 Å². The monoisotopic (exact) mass is 615 g/mol. The zero-order valence-electron chi connectivity index (χ0n) is 22.9. The predicted molar refractivity (Wildman–Crippen MR) is 163 cm³/mol. The van der Waals surface area contributed by atoms with E-state index in [1.807, 2.05) is 29.0 Å². The molecule has 1 atom stereocenters. The number of aromatic nitrogens is 1. The number of nitrogens with zero attached hydrogens (tertiary/aromatic N) is 3. The summed E-state index contributed by atoms with van der Waals surface area (Å²) in [7, 11) is -4.39. The van der Waals surface area contributed by atoms with Crippen LogP contribution in [-0.2, 0) is 19.6 Å². The van der Waals surface area contributed by atoms with Crippen LogP contribution < -0.4 is 9.21 Å². The van der Waals surface area contributed by atoms with Gasteiger partial charge in [0.1, 0.15) is 6.04 Å². The van der Waals surface area contributed by atoms with E-state index in [-0.39, 0.29) is 20.6 Å². The van der Waals surface area contributed by atoms with Crippen molar-refractivity contribution in [2.24, 2.45) is 5.41 Å². The predicted octanol–water partition coefficient (Wildman–Crippen LogP) is 6.47. The zero-order chi connectivity index (χ0) is 29.5. The lowest BCUT2D eigenvalue weighted by molar-refractivity contribution is -0.140. The summed E-state index contributed by atoms with van der Waals surface area (Å²) in [6, 6.07) is 17.8. The minimum atomic E-state index is -4.39. The van der Waals surface area contributed by atoms with Gasteiger partial charge in [0, 0.05) is 46.1 Å². The number of rotatable bonds is 7. The number of ether oxygens (including phenoxy) is 1. The summed E-state index contributed by atoms with van der Waals surface area (Å²) in [5, 5.41) is 11.3. The number of hydrogen-bond acceptors (Lipinski definition) is 5. The van der Waals surface area contributed by atoms with Gasteiger partial charge in [-0.25, -0.2) is 13.2 Å². The first kappa shape index (κ1) is 29.3. The van der Waals surface area contributed by atoms with Crippen LogP contribution in [0.4, 0.5) is 11.4 Å². The van der Waals surface area contributed by atoms with E-state index in [0.717, 1.165) is 39.7 Å². The van der Waals surface area contributed by atoms with E-state index < -0.39 is 27.4 Å². The van der Waals surface area contributed by atoms with Crippen LogP contribution in [0.1, 0.15) is 20.8 Å². The molecule has 1 aliphatic heterocycles. The van der Waals surface area contributed by atoms with Gasteiger partial charge >= 0.3 is 5.97 Å². The molecule has 0 bridgehead atoms. The molecule has 0 amide bonds. The smallest absolute Gasteiger partial charge is 0.328 e. The molecule has 216 valence electrons. The van der Waals surface area contributed by atoms with Crippen molar-refractivity contribution in [2.45, 2.75) is 31.7 Å². The number of fused-ring (bicyclic) bond motifs is 1. The summed E-state index contributed by atoms with van der Waals surface area (Å²) < 4.78 is 36.6. The second-order valence-corrected chi connectivity index (χ2v) is 13.7. The van der Waals surface area contributed by atoms with Gasteiger partial charge < -0.3 is 19.3 Å². The van der Waals surface area contributed by atoms with Gasteiger partial charge in [-0.1, -0.05) is 44.0 Å². The Morgan fingerprint density at radius 2 is 1.54 bits per heavy atom. The number of morpholine rings is 1. The largest absolute Gasteiger partial charge is 0.480 e. The Hall–Kier alpha value is -3.24. The summed E-state index contributed by atoms with van der Waals surface area (Å²) in [6.45, 7) is 8.18. The molecule has 1 aromatic heterocycles. The summed E-state index contributed by atoms with van der Waals surface area (Å²) >= 11 is 12.3. The molecule has 8 nitrogen and oxygen atoms in total. The molecule has 1 fully saturated rings. The minimum Gasteiger partial charge on any atom is -0.480 e. The van der Waals surface area contributed by atoms with E-state index in [9.17, 15) is 18.3 Å². The van der Waals surface area contributed by atoms with Gasteiger partial charge in [0.2, 0.25) is 0 Å². The number of aliphatic carboxylic acids is 1. The average molecular weight is 617 g/mol. The first-order chi connectivity index (χ1) is 19.4. The lowest BCUT2D eigenvalue weighted by Gasteiger charge is -2.37. The Bertz CT molecular complexity index is 1670. The van der Waals surface area contributed by atoms with Crippen LogP contribution in [0, 0.1) is 5.41 Å². The SMILES string of the molecule is CC(C)(C)C(C(=O)O)N(c1ccc2c(ccn2-c2ccc(N3CCOCC3)cc2)c1)S(=O)(=O)c1cc(Cl)cc(Cl)c1. The summed E-state index contributed by atoms with van der Waals surface area (Å²) in [5.74, 6) is -1.27. The normalized spacial score (nSPS) is 15.2. The Morgan fingerprint density at radius 1 is 0.927 bits per heavy atom. The van der Waals surface area contributed by atoms with Gasteiger partial charge in [0.25, 0.3) is 10.0 Å². The van der Waals surface area contributed by atoms with Crippen molar-refractivity contribution in [3.8, 4) is 5.69 Å². The number of carboxylic acids is 1. The number of carbonyl (C=O) groups is 1. The van der Waals surface area contributed by atoms with E-state index in [1.54, 1.807) is 39.0 Å². The lowest BCUT2D eigenvalue weighted by atomic mass is 9.86. The van der Waals surface area contributed by atoms with Crippen LogP contribution in [0.15, 0.2) is 77.8 Å². The molecule has 41 heavy (non-hydrogen) atoms. The summed E-state index contributed by atoms with van der Waals surface area (Å²) in [6.07, 6.45) is 1.91. The van der Waals surface area contributed by atoms with E-state index >= 15 is 0 Å². The molecule has 11 heteroatoms. The molecule has 2 heterocycles. The fraction of sp³-hybridized carbons (Fsp3) is 0.300. The maximum atomic E-state index is 14.1. The highest BCUT2D eigenvalue weighted by molar-refractivity contribution is 7.93. The summed E-state index contributed by atoms with van der Waals surface area (Å²) in [4.78, 5) is 14.7. The second kappa shape index (κ2) is 11.2.